The lowest BCUT2D eigenvalue weighted by Gasteiger charge is -2.10. The summed E-state index contributed by atoms with van der Waals surface area (Å²) in [5, 5.41) is 1.05. The Morgan fingerprint density at radius 2 is 2.13 bits per heavy atom. The molecule has 1 aromatic heterocycles. The van der Waals surface area contributed by atoms with E-state index >= 15 is 0 Å². The number of rotatable bonds is 3. The second kappa shape index (κ2) is 4.94. The highest BCUT2D eigenvalue weighted by atomic mass is 32.2. The van der Waals surface area contributed by atoms with Gasteiger partial charge in [-0.25, -0.2) is 9.97 Å². The Bertz CT molecular complexity index is 312. The summed E-state index contributed by atoms with van der Waals surface area (Å²) in [5.41, 5.74) is 6.61. The summed E-state index contributed by atoms with van der Waals surface area (Å²) in [7, 11) is 0. The number of nitrogens with zero attached hydrogens (tertiary/aromatic N) is 2. The molecule has 0 saturated heterocycles. The van der Waals surface area contributed by atoms with Crippen LogP contribution in [0.3, 0.4) is 0 Å². The maximum Gasteiger partial charge on any atom is 0.133 e. The number of hydrogen-bond donors (Lipinski definition) is 1. The molecule has 0 radical (unpaired) electrons. The van der Waals surface area contributed by atoms with Crippen molar-refractivity contribution in [2.75, 3.05) is 6.26 Å². The molecule has 1 aliphatic carbocycles. The summed E-state index contributed by atoms with van der Waals surface area (Å²) in [4.78, 5) is 9.11. The largest absolute Gasteiger partial charge is 0.325 e. The SMILES string of the molecule is CSc1cc(CN)nc(C2CCCC2)n1. The standard InChI is InChI=1S/C11H17N3S/c1-15-10-6-9(7-12)13-11(14-10)8-4-2-3-5-8/h6,8H,2-5,7,12H2,1H3. The molecule has 1 aliphatic rings. The van der Waals surface area contributed by atoms with Crippen LogP contribution in [0.4, 0.5) is 0 Å². The molecule has 0 unspecified atom stereocenters. The van der Waals surface area contributed by atoms with Crippen LogP contribution in [-0.2, 0) is 6.54 Å². The summed E-state index contributed by atoms with van der Waals surface area (Å²) >= 11 is 1.66. The lowest BCUT2D eigenvalue weighted by atomic mass is 10.1. The molecule has 2 N–H and O–H groups in total. The summed E-state index contributed by atoms with van der Waals surface area (Å²) in [6, 6.07) is 1.99. The van der Waals surface area contributed by atoms with E-state index in [1.807, 2.05) is 12.3 Å². The Morgan fingerprint density at radius 1 is 1.40 bits per heavy atom. The van der Waals surface area contributed by atoms with Gasteiger partial charge in [-0.3, -0.25) is 0 Å². The van der Waals surface area contributed by atoms with Gasteiger partial charge >= 0.3 is 0 Å². The molecular formula is C11H17N3S. The van der Waals surface area contributed by atoms with Gasteiger partial charge in [-0.1, -0.05) is 12.8 Å². The van der Waals surface area contributed by atoms with Crippen molar-refractivity contribution in [1.82, 2.24) is 9.97 Å². The molecule has 2 rings (SSSR count). The van der Waals surface area contributed by atoms with Crippen LogP contribution in [0.25, 0.3) is 0 Å². The fourth-order valence-electron chi connectivity index (χ4n) is 2.07. The van der Waals surface area contributed by atoms with Crippen molar-refractivity contribution in [1.29, 1.82) is 0 Å². The van der Waals surface area contributed by atoms with Crippen LogP contribution in [0.15, 0.2) is 11.1 Å². The molecule has 4 heteroatoms. The van der Waals surface area contributed by atoms with Gasteiger partial charge < -0.3 is 5.73 Å². The third kappa shape index (κ3) is 2.49. The van der Waals surface area contributed by atoms with Crippen molar-refractivity contribution in [2.45, 2.75) is 43.2 Å². The van der Waals surface area contributed by atoms with E-state index in [0.717, 1.165) is 16.5 Å². The van der Waals surface area contributed by atoms with E-state index in [1.165, 1.54) is 25.7 Å². The molecule has 1 heterocycles. The zero-order valence-electron chi connectivity index (χ0n) is 9.07. The molecule has 0 aromatic carbocycles. The van der Waals surface area contributed by atoms with Crippen LogP contribution >= 0.6 is 11.8 Å². The zero-order chi connectivity index (χ0) is 10.7. The van der Waals surface area contributed by atoms with Crippen molar-refractivity contribution >= 4 is 11.8 Å². The normalized spacial score (nSPS) is 17.2. The highest BCUT2D eigenvalue weighted by molar-refractivity contribution is 7.98. The summed E-state index contributed by atoms with van der Waals surface area (Å²) in [5.74, 6) is 1.59. The maximum absolute atomic E-state index is 5.64. The number of thioether (sulfide) groups is 1. The van der Waals surface area contributed by atoms with Crippen LogP contribution in [0, 0.1) is 0 Å². The van der Waals surface area contributed by atoms with Crippen LogP contribution in [0.5, 0.6) is 0 Å². The highest BCUT2D eigenvalue weighted by Crippen LogP contribution is 2.32. The predicted molar refractivity (Wildman–Crippen MR) is 62.9 cm³/mol. The van der Waals surface area contributed by atoms with Crippen LogP contribution in [0.1, 0.15) is 43.1 Å². The molecule has 3 nitrogen and oxygen atoms in total. The van der Waals surface area contributed by atoms with Crippen molar-refractivity contribution in [2.24, 2.45) is 5.73 Å². The highest BCUT2D eigenvalue weighted by Gasteiger charge is 2.20. The van der Waals surface area contributed by atoms with Crippen LogP contribution in [0.2, 0.25) is 0 Å². The van der Waals surface area contributed by atoms with Gasteiger partial charge in [0.05, 0.1) is 10.7 Å². The summed E-state index contributed by atoms with van der Waals surface area (Å²) in [6.45, 7) is 0.510. The van der Waals surface area contributed by atoms with E-state index in [4.69, 9.17) is 5.73 Å². The lowest BCUT2D eigenvalue weighted by Crippen LogP contribution is -2.07. The first-order chi connectivity index (χ1) is 7.33. The van der Waals surface area contributed by atoms with Crippen molar-refractivity contribution < 1.29 is 0 Å². The van der Waals surface area contributed by atoms with E-state index < -0.39 is 0 Å². The molecule has 1 saturated carbocycles. The minimum atomic E-state index is 0.510. The van der Waals surface area contributed by atoms with Crippen LogP contribution in [-0.4, -0.2) is 16.2 Å². The summed E-state index contributed by atoms with van der Waals surface area (Å²) < 4.78 is 0. The minimum absolute atomic E-state index is 0.510. The Kier molecular flexibility index (Phi) is 3.59. The first-order valence-electron chi connectivity index (χ1n) is 5.45. The average Bonchev–Trinajstić information content (AvgIpc) is 2.81. The number of nitrogens with two attached hydrogens (primary N) is 1. The van der Waals surface area contributed by atoms with Gasteiger partial charge in [0.25, 0.3) is 0 Å². The molecule has 15 heavy (non-hydrogen) atoms. The molecule has 82 valence electrons. The van der Waals surface area contributed by atoms with E-state index in [0.29, 0.717) is 12.5 Å². The van der Waals surface area contributed by atoms with Gasteiger partial charge in [0.1, 0.15) is 5.82 Å². The van der Waals surface area contributed by atoms with Gasteiger partial charge in [0, 0.05) is 12.5 Å². The van der Waals surface area contributed by atoms with E-state index in [-0.39, 0.29) is 0 Å². The Hall–Kier alpha value is -0.610. The first-order valence-corrected chi connectivity index (χ1v) is 6.68. The third-order valence-electron chi connectivity index (χ3n) is 2.91. The van der Waals surface area contributed by atoms with Gasteiger partial charge in [-0.2, -0.15) is 0 Å². The molecule has 0 amide bonds. The maximum atomic E-state index is 5.64. The Balaban J connectivity index is 2.28. The second-order valence-electron chi connectivity index (χ2n) is 3.95. The molecule has 0 aliphatic heterocycles. The van der Waals surface area contributed by atoms with E-state index in [9.17, 15) is 0 Å². The van der Waals surface area contributed by atoms with Crippen molar-refractivity contribution in [3.05, 3.63) is 17.6 Å². The molecule has 1 aromatic rings. The smallest absolute Gasteiger partial charge is 0.133 e. The average molecular weight is 223 g/mol. The molecule has 0 spiro atoms. The van der Waals surface area contributed by atoms with Crippen molar-refractivity contribution in [3.63, 3.8) is 0 Å². The van der Waals surface area contributed by atoms with Gasteiger partial charge in [0.15, 0.2) is 0 Å². The molecular weight excluding hydrogens is 206 g/mol. The van der Waals surface area contributed by atoms with Gasteiger partial charge in [-0.15, -0.1) is 11.8 Å². The van der Waals surface area contributed by atoms with E-state index in [1.54, 1.807) is 11.8 Å². The zero-order valence-corrected chi connectivity index (χ0v) is 9.89. The predicted octanol–water partition coefficient (Wildman–Crippen LogP) is 2.31. The second-order valence-corrected chi connectivity index (χ2v) is 4.77. The minimum Gasteiger partial charge on any atom is -0.325 e. The number of hydrogen-bond acceptors (Lipinski definition) is 4. The molecule has 0 atom stereocenters. The fraction of sp³-hybridized carbons (Fsp3) is 0.636. The molecule has 1 fully saturated rings. The monoisotopic (exact) mass is 223 g/mol. The lowest BCUT2D eigenvalue weighted by molar-refractivity contribution is 0.648. The van der Waals surface area contributed by atoms with Gasteiger partial charge in [-0.05, 0) is 25.2 Å². The van der Waals surface area contributed by atoms with Crippen LogP contribution < -0.4 is 5.73 Å². The van der Waals surface area contributed by atoms with E-state index in [2.05, 4.69) is 9.97 Å². The first kappa shape index (κ1) is 10.9. The van der Waals surface area contributed by atoms with Crippen molar-refractivity contribution in [3.8, 4) is 0 Å². The third-order valence-corrected chi connectivity index (χ3v) is 3.54. The quantitative estimate of drug-likeness (QED) is 0.631. The topological polar surface area (TPSA) is 51.8 Å². The Labute approximate surface area is 94.9 Å². The summed E-state index contributed by atoms with van der Waals surface area (Å²) in [6.07, 6.45) is 7.15. The molecule has 0 bridgehead atoms. The fourth-order valence-corrected chi connectivity index (χ4v) is 2.51. The number of aromatic nitrogens is 2. The Morgan fingerprint density at radius 3 is 2.73 bits per heavy atom. The van der Waals surface area contributed by atoms with Gasteiger partial charge in [0.2, 0.25) is 0 Å².